The first kappa shape index (κ1) is 21.5. The zero-order valence-electron chi connectivity index (χ0n) is 18.8. The van der Waals surface area contributed by atoms with Crippen molar-refractivity contribution in [2.24, 2.45) is 0 Å². The zero-order valence-corrected chi connectivity index (χ0v) is 18.8. The first-order chi connectivity index (χ1) is 16.5. The number of hydrogen-bond donors (Lipinski definition) is 1. The summed E-state index contributed by atoms with van der Waals surface area (Å²) in [6, 6.07) is 32.5. The van der Waals surface area contributed by atoms with E-state index in [9.17, 15) is 14.7 Å². The van der Waals surface area contributed by atoms with Gasteiger partial charge in [-0.15, -0.1) is 0 Å². The van der Waals surface area contributed by atoms with Crippen LogP contribution < -0.4 is 9.80 Å². The van der Waals surface area contributed by atoms with E-state index in [4.69, 9.17) is 0 Å². The van der Waals surface area contributed by atoms with Gasteiger partial charge in [-0.05, 0) is 54.4 Å². The molecule has 1 atom stereocenters. The van der Waals surface area contributed by atoms with Crippen LogP contribution in [0.25, 0.3) is 0 Å². The molecule has 5 nitrogen and oxygen atoms in total. The third-order valence-electron chi connectivity index (χ3n) is 6.17. The largest absolute Gasteiger partial charge is 0.478 e. The monoisotopic (exact) mass is 448 g/mol. The minimum atomic E-state index is -0.979. The van der Waals surface area contributed by atoms with E-state index in [0.717, 1.165) is 28.1 Å². The van der Waals surface area contributed by atoms with Gasteiger partial charge in [-0.1, -0.05) is 72.3 Å². The number of fused-ring (bicyclic) bond motifs is 1. The van der Waals surface area contributed by atoms with Gasteiger partial charge in [0.05, 0.1) is 16.8 Å². The highest BCUT2D eigenvalue weighted by atomic mass is 16.4. The summed E-state index contributed by atoms with van der Waals surface area (Å²) < 4.78 is 0. The average Bonchev–Trinajstić information content (AvgIpc) is 2.87. The number of aromatic carboxylic acids is 1. The number of para-hydroxylation sites is 1. The minimum absolute atomic E-state index is 0.0870. The highest BCUT2D eigenvalue weighted by molar-refractivity contribution is 6.12. The SMILES string of the molecule is Cc1ccc(N2C(=O)c3ccccc3N(Cc3ccccc3)[C@@H]2c2ccc(C(=O)O)cc2)cc1. The lowest BCUT2D eigenvalue weighted by Gasteiger charge is -2.46. The van der Waals surface area contributed by atoms with Crippen LogP contribution in [0.3, 0.4) is 0 Å². The molecule has 0 aliphatic carbocycles. The molecule has 0 saturated carbocycles. The number of anilines is 2. The Bertz CT molecular complexity index is 1330. The van der Waals surface area contributed by atoms with Crippen molar-refractivity contribution in [1.82, 2.24) is 0 Å². The summed E-state index contributed by atoms with van der Waals surface area (Å²) in [6.07, 6.45) is -0.451. The Morgan fingerprint density at radius 2 is 1.47 bits per heavy atom. The highest BCUT2D eigenvalue weighted by Crippen LogP contribution is 2.42. The van der Waals surface area contributed by atoms with E-state index >= 15 is 0 Å². The summed E-state index contributed by atoms with van der Waals surface area (Å²) in [5, 5.41) is 9.39. The summed E-state index contributed by atoms with van der Waals surface area (Å²) in [4.78, 5) is 29.3. The lowest BCUT2D eigenvalue weighted by atomic mass is 9.98. The van der Waals surface area contributed by atoms with E-state index < -0.39 is 12.1 Å². The highest BCUT2D eigenvalue weighted by Gasteiger charge is 2.39. The van der Waals surface area contributed by atoms with Crippen LogP contribution in [-0.4, -0.2) is 17.0 Å². The molecule has 5 heteroatoms. The second kappa shape index (κ2) is 8.87. The molecule has 1 heterocycles. The number of nitrogens with zero attached hydrogens (tertiary/aromatic N) is 2. The molecule has 0 aromatic heterocycles. The maximum absolute atomic E-state index is 13.9. The first-order valence-electron chi connectivity index (χ1n) is 11.2. The fourth-order valence-electron chi connectivity index (χ4n) is 4.46. The Labute approximate surface area is 198 Å². The van der Waals surface area contributed by atoms with Gasteiger partial charge in [-0.2, -0.15) is 0 Å². The first-order valence-corrected chi connectivity index (χ1v) is 11.2. The smallest absolute Gasteiger partial charge is 0.335 e. The number of carbonyl (C=O) groups excluding carboxylic acids is 1. The molecule has 1 N–H and O–H groups in total. The van der Waals surface area contributed by atoms with Crippen LogP contribution in [0, 0.1) is 6.92 Å². The van der Waals surface area contributed by atoms with E-state index in [1.807, 2.05) is 73.7 Å². The molecule has 4 aromatic rings. The second-order valence-electron chi connectivity index (χ2n) is 8.44. The molecule has 34 heavy (non-hydrogen) atoms. The molecule has 0 saturated heterocycles. The second-order valence-corrected chi connectivity index (χ2v) is 8.44. The quantitative estimate of drug-likeness (QED) is 0.403. The number of benzene rings is 4. The van der Waals surface area contributed by atoms with Crippen LogP contribution in [0.4, 0.5) is 11.4 Å². The summed E-state index contributed by atoms with van der Waals surface area (Å²) >= 11 is 0. The Morgan fingerprint density at radius 1 is 0.824 bits per heavy atom. The summed E-state index contributed by atoms with van der Waals surface area (Å²) in [7, 11) is 0. The molecule has 1 aliphatic heterocycles. The number of aryl methyl sites for hydroxylation is 1. The van der Waals surface area contributed by atoms with Gasteiger partial charge in [0, 0.05) is 12.2 Å². The number of amides is 1. The minimum Gasteiger partial charge on any atom is -0.478 e. The Balaban J connectivity index is 1.71. The van der Waals surface area contributed by atoms with Crippen LogP contribution >= 0.6 is 0 Å². The number of rotatable bonds is 5. The van der Waals surface area contributed by atoms with Gasteiger partial charge in [-0.3, -0.25) is 9.69 Å². The standard InChI is InChI=1S/C29H24N2O3/c1-20-11-17-24(18-12-20)31-27(22-13-15-23(16-14-22)29(33)34)30(19-21-7-3-2-4-8-21)26-10-6-5-9-25(26)28(31)32/h2-18,27H,19H2,1H3,(H,33,34)/t27-/m0/s1. The molecule has 0 spiro atoms. The fraction of sp³-hybridized carbons (Fsp3) is 0.103. The van der Waals surface area contributed by atoms with Crippen LogP contribution in [-0.2, 0) is 6.54 Å². The van der Waals surface area contributed by atoms with Crippen LogP contribution in [0.5, 0.6) is 0 Å². The third kappa shape index (κ3) is 3.92. The van der Waals surface area contributed by atoms with Gasteiger partial charge in [0.25, 0.3) is 5.91 Å². The van der Waals surface area contributed by atoms with Gasteiger partial charge in [0.2, 0.25) is 0 Å². The molecule has 0 unspecified atom stereocenters. The topological polar surface area (TPSA) is 60.9 Å². The van der Waals surface area contributed by atoms with Crippen molar-refractivity contribution in [2.75, 3.05) is 9.80 Å². The van der Waals surface area contributed by atoms with E-state index in [1.54, 1.807) is 29.2 Å². The molecular formula is C29H24N2O3. The van der Waals surface area contributed by atoms with Crippen molar-refractivity contribution in [3.8, 4) is 0 Å². The molecule has 0 fully saturated rings. The fourth-order valence-corrected chi connectivity index (χ4v) is 4.46. The molecular weight excluding hydrogens is 424 g/mol. The maximum Gasteiger partial charge on any atom is 0.335 e. The van der Waals surface area contributed by atoms with Crippen LogP contribution in [0.1, 0.15) is 43.6 Å². The van der Waals surface area contributed by atoms with E-state index in [2.05, 4.69) is 17.0 Å². The molecule has 1 aliphatic rings. The molecule has 1 amide bonds. The predicted octanol–water partition coefficient (Wildman–Crippen LogP) is 6.06. The Morgan fingerprint density at radius 3 is 2.15 bits per heavy atom. The average molecular weight is 449 g/mol. The Hall–Kier alpha value is -4.38. The van der Waals surface area contributed by atoms with E-state index in [-0.39, 0.29) is 11.5 Å². The normalized spacial score (nSPS) is 15.2. The van der Waals surface area contributed by atoms with Crippen molar-refractivity contribution in [1.29, 1.82) is 0 Å². The van der Waals surface area contributed by atoms with Gasteiger partial charge in [-0.25, -0.2) is 4.79 Å². The molecule has 0 radical (unpaired) electrons. The number of hydrogen-bond acceptors (Lipinski definition) is 3. The lowest BCUT2D eigenvalue weighted by molar-refractivity contribution is 0.0696. The van der Waals surface area contributed by atoms with Crippen molar-refractivity contribution >= 4 is 23.3 Å². The van der Waals surface area contributed by atoms with Gasteiger partial charge < -0.3 is 10.0 Å². The summed E-state index contributed by atoms with van der Waals surface area (Å²) in [5.41, 5.74) is 5.55. The molecule has 4 aromatic carbocycles. The lowest BCUT2D eigenvalue weighted by Crippen LogP contribution is -2.49. The molecule has 0 bridgehead atoms. The van der Waals surface area contributed by atoms with Crippen molar-refractivity contribution in [3.05, 3.63) is 131 Å². The van der Waals surface area contributed by atoms with Crippen molar-refractivity contribution < 1.29 is 14.7 Å². The molecule has 168 valence electrons. The molecule has 5 rings (SSSR count). The van der Waals surface area contributed by atoms with E-state index in [0.29, 0.717) is 12.1 Å². The number of carboxylic acid groups (broad SMARTS) is 1. The zero-order chi connectivity index (χ0) is 23.7. The van der Waals surface area contributed by atoms with Crippen molar-refractivity contribution in [3.63, 3.8) is 0 Å². The van der Waals surface area contributed by atoms with Gasteiger partial charge in [0.1, 0.15) is 6.17 Å². The number of carboxylic acids is 1. The van der Waals surface area contributed by atoms with Crippen LogP contribution in [0.2, 0.25) is 0 Å². The third-order valence-corrected chi connectivity index (χ3v) is 6.17. The maximum atomic E-state index is 13.9. The predicted molar refractivity (Wildman–Crippen MR) is 133 cm³/mol. The summed E-state index contributed by atoms with van der Waals surface area (Å²) in [5.74, 6) is -1.07. The van der Waals surface area contributed by atoms with E-state index in [1.165, 1.54) is 0 Å². The van der Waals surface area contributed by atoms with Gasteiger partial charge >= 0.3 is 5.97 Å². The van der Waals surface area contributed by atoms with Crippen molar-refractivity contribution in [2.45, 2.75) is 19.6 Å². The van der Waals surface area contributed by atoms with Gasteiger partial charge in [0.15, 0.2) is 0 Å². The Kier molecular flexibility index (Phi) is 5.60. The summed E-state index contributed by atoms with van der Waals surface area (Å²) in [6.45, 7) is 2.60. The van der Waals surface area contributed by atoms with Crippen LogP contribution in [0.15, 0.2) is 103 Å². The number of carbonyl (C=O) groups is 2.